The highest BCUT2D eigenvalue weighted by atomic mass is 35.5. The van der Waals surface area contributed by atoms with Gasteiger partial charge in [-0.25, -0.2) is 4.98 Å². The van der Waals surface area contributed by atoms with E-state index in [4.69, 9.17) is 11.6 Å². The molecule has 96 valence electrons. The van der Waals surface area contributed by atoms with Gasteiger partial charge in [0.25, 0.3) is 0 Å². The zero-order chi connectivity index (χ0) is 12.8. The van der Waals surface area contributed by atoms with E-state index < -0.39 is 0 Å². The van der Waals surface area contributed by atoms with Gasteiger partial charge in [-0.3, -0.25) is 4.40 Å². The lowest BCUT2D eigenvalue weighted by Gasteiger charge is -2.37. The van der Waals surface area contributed by atoms with Gasteiger partial charge in [-0.1, -0.05) is 25.4 Å². The average molecular weight is 266 g/mol. The average Bonchev–Trinajstić information content (AvgIpc) is 2.73. The van der Waals surface area contributed by atoms with Crippen LogP contribution in [0.25, 0.3) is 5.65 Å². The second-order valence-electron chi connectivity index (χ2n) is 5.60. The van der Waals surface area contributed by atoms with Crippen molar-refractivity contribution in [2.75, 3.05) is 18.0 Å². The zero-order valence-corrected chi connectivity index (χ0v) is 11.4. The molecule has 0 spiro atoms. The highest BCUT2D eigenvalue weighted by Crippen LogP contribution is 2.31. The number of hydrogen-bond donors (Lipinski definition) is 0. The van der Waals surface area contributed by atoms with Crippen molar-refractivity contribution in [3.8, 4) is 0 Å². The lowest BCUT2D eigenvalue weighted by molar-refractivity contribution is 0.290. The molecule has 0 amide bonds. The molecule has 1 saturated heterocycles. The summed E-state index contributed by atoms with van der Waals surface area (Å²) in [5, 5.41) is 8.77. The molecule has 18 heavy (non-hydrogen) atoms. The van der Waals surface area contributed by atoms with Crippen LogP contribution >= 0.6 is 11.6 Å². The normalized spacial score (nSPS) is 19.4. The van der Waals surface area contributed by atoms with E-state index in [1.807, 2.05) is 10.6 Å². The molecule has 6 heteroatoms. The fourth-order valence-corrected chi connectivity index (χ4v) is 2.78. The van der Waals surface area contributed by atoms with E-state index in [1.165, 1.54) is 12.8 Å². The predicted octanol–water partition coefficient (Wildman–Crippen LogP) is 2.40. The summed E-state index contributed by atoms with van der Waals surface area (Å²) in [5.41, 5.74) is 0.943. The first-order chi connectivity index (χ1) is 8.57. The van der Waals surface area contributed by atoms with Gasteiger partial charge in [0.1, 0.15) is 0 Å². The standard InChI is InChI=1S/C12H16ClN5/c1-12(2)4-3-6-17(8-12)11-16-15-10-9(13)14-5-7-18(10)11/h5,7H,3-4,6,8H2,1-2H3. The maximum absolute atomic E-state index is 6.01. The second kappa shape index (κ2) is 4.09. The first-order valence-electron chi connectivity index (χ1n) is 6.17. The van der Waals surface area contributed by atoms with Crippen molar-refractivity contribution in [2.45, 2.75) is 26.7 Å². The Bertz CT molecular complexity index is 577. The van der Waals surface area contributed by atoms with Gasteiger partial charge >= 0.3 is 0 Å². The molecule has 0 aliphatic carbocycles. The number of rotatable bonds is 1. The molecule has 1 fully saturated rings. The summed E-state index contributed by atoms with van der Waals surface area (Å²) in [6.45, 7) is 6.59. The topological polar surface area (TPSA) is 46.3 Å². The van der Waals surface area contributed by atoms with Crippen molar-refractivity contribution in [1.29, 1.82) is 0 Å². The summed E-state index contributed by atoms with van der Waals surface area (Å²) < 4.78 is 1.91. The summed E-state index contributed by atoms with van der Waals surface area (Å²) in [4.78, 5) is 6.30. The van der Waals surface area contributed by atoms with E-state index in [2.05, 4.69) is 33.9 Å². The van der Waals surface area contributed by atoms with Crippen molar-refractivity contribution >= 4 is 23.2 Å². The molecule has 2 aromatic rings. The van der Waals surface area contributed by atoms with Crippen molar-refractivity contribution in [3.05, 3.63) is 17.5 Å². The molecule has 1 aliphatic rings. The number of anilines is 1. The van der Waals surface area contributed by atoms with Gasteiger partial charge < -0.3 is 4.90 Å². The van der Waals surface area contributed by atoms with Crippen molar-refractivity contribution in [3.63, 3.8) is 0 Å². The maximum atomic E-state index is 6.01. The number of fused-ring (bicyclic) bond motifs is 1. The number of hydrogen-bond acceptors (Lipinski definition) is 4. The Balaban J connectivity index is 2.02. The van der Waals surface area contributed by atoms with E-state index >= 15 is 0 Å². The van der Waals surface area contributed by atoms with E-state index in [0.717, 1.165) is 19.0 Å². The van der Waals surface area contributed by atoms with Crippen LogP contribution < -0.4 is 4.90 Å². The summed E-state index contributed by atoms with van der Waals surface area (Å²) in [5.74, 6) is 0.863. The third-order valence-corrected chi connectivity index (χ3v) is 3.72. The molecule has 2 aromatic heterocycles. The van der Waals surface area contributed by atoms with Crippen LogP contribution in [0.5, 0.6) is 0 Å². The highest BCUT2D eigenvalue weighted by Gasteiger charge is 2.28. The Labute approximate surface area is 111 Å². The molecular formula is C12H16ClN5. The van der Waals surface area contributed by atoms with Crippen LogP contribution in [-0.2, 0) is 0 Å². The smallest absolute Gasteiger partial charge is 0.231 e. The minimum atomic E-state index is 0.320. The fourth-order valence-electron chi connectivity index (χ4n) is 2.59. The van der Waals surface area contributed by atoms with Gasteiger partial charge in [-0.2, -0.15) is 0 Å². The van der Waals surface area contributed by atoms with E-state index in [1.54, 1.807) is 6.20 Å². The molecular weight excluding hydrogens is 250 g/mol. The van der Waals surface area contributed by atoms with Gasteiger partial charge in [0, 0.05) is 25.5 Å². The highest BCUT2D eigenvalue weighted by molar-refractivity contribution is 6.32. The van der Waals surface area contributed by atoms with E-state index in [9.17, 15) is 0 Å². The largest absolute Gasteiger partial charge is 0.340 e. The minimum absolute atomic E-state index is 0.320. The van der Waals surface area contributed by atoms with Crippen molar-refractivity contribution < 1.29 is 0 Å². The number of piperidine rings is 1. The molecule has 3 rings (SSSR count). The Morgan fingerprint density at radius 1 is 1.33 bits per heavy atom. The molecule has 0 radical (unpaired) electrons. The molecule has 1 aliphatic heterocycles. The van der Waals surface area contributed by atoms with Crippen LogP contribution in [0.1, 0.15) is 26.7 Å². The van der Waals surface area contributed by atoms with Gasteiger partial charge in [-0.05, 0) is 18.3 Å². The molecule has 0 aromatic carbocycles. The maximum Gasteiger partial charge on any atom is 0.231 e. The molecule has 0 unspecified atom stereocenters. The van der Waals surface area contributed by atoms with E-state index in [-0.39, 0.29) is 0 Å². The lowest BCUT2D eigenvalue weighted by atomic mass is 9.84. The number of nitrogens with zero attached hydrogens (tertiary/aromatic N) is 5. The van der Waals surface area contributed by atoms with Crippen LogP contribution in [0.15, 0.2) is 12.4 Å². The quantitative estimate of drug-likeness (QED) is 0.794. The lowest BCUT2D eigenvalue weighted by Crippen LogP contribution is -2.41. The van der Waals surface area contributed by atoms with Gasteiger partial charge in [0.15, 0.2) is 10.8 Å². The van der Waals surface area contributed by atoms with Crippen LogP contribution in [-0.4, -0.2) is 32.7 Å². The van der Waals surface area contributed by atoms with Gasteiger partial charge in [0.05, 0.1) is 0 Å². The van der Waals surface area contributed by atoms with Crippen molar-refractivity contribution in [1.82, 2.24) is 19.6 Å². The zero-order valence-electron chi connectivity index (χ0n) is 10.6. The monoisotopic (exact) mass is 265 g/mol. The van der Waals surface area contributed by atoms with Gasteiger partial charge in [0.2, 0.25) is 5.95 Å². The molecule has 0 atom stereocenters. The predicted molar refractivity (Wildman–Crippen MR) is 71.0 cm³/mol. The van der Waals surface area contributed by atoms with Crippen LogP contribution in [0.2, 0.25) is 5.15 Å². The Morgan fingerprint density at radius 3 is 2.94 bits per heavy atom. The van der Waals surface area contributed by atoms with Crippen molar-refractivity contribution in [2.24, 2.45) is 5.41 Å². The third-order valence-electron chi connectivity index (χ3n) is 3.45. The Kier molecular flexibility index (Phi) is 2.66. The van der Waals surface area contributed by atoms with E-state index in [0.29, 0.717) is 16.2 Å². The van der Waals surface area contributed by atoms with Crippen LogP contribution in [0.3, 0.4) is 0 Å². The summed E-state index contributed by atoms with van der Waals surface area (Å²) in [6, 6.07) is 0. The van der Waals surface area contributed by atoms with Crippen LogP contribution in [0.4, 0.5) is 5.95 Å². The molecule has 5 nitrogen and oxygen atoms in total. The first-order valence-corrected chi connectivity index (χ1v) is 6.55. The summed E-state index contributed by atoms with van der Waals surface area (Å²) in [7, 11) is 0. The number of halogens is 1. The molecule has 0 bridgehead atoms. The second-order valence-corrected chi connectivity index (χ2v) is 5.96. The molecule has 0 N–H and O–H groups in total. The van der Waals surface area contributed by atoms with Gasteiger partial charge in [-0.15, -0.1) is 10.2 Å². The first kappa shape index (κ1) is 11.7. The fraction of sp³-hybridized carbons (Fsp3) is 0.583. The number of aromatic nitrogens is 4. The summed E-state index contributed by atoms with van der Waals surface area (Å²) >= 11 is 6.01. The molecule has 3 heterocycles. The third kappa shape index (κ3) is 1.92. The minimum Gasteiger partial charge on any atom is -0.340 e. The van der Waals surface area contributed by atoms with Crippen LogP contribution in [0, 0.1) is 5.41 Å². The SMILES string of the molecule is CC1(C)CCCN(c2nnc3c(Cl)nccn23)C1. The Morgan fingerprint density at radius 2 is 2.17 bits per heavy atom. The summed E-state index contributed by atoms with van der Waals surface area (Å²) in [6.07, 6.45) is 5.97. The Hall–Kier alpha value is -1.36. The molecule has 0 saturated carbocycles.